The first-order valence-corrected chi connectivity index (χ1v) is 39.4. The summed E-state index contributed by atoms with van der Waals surface area (Å²) < 4.78 is 40.2. The Morgan fingerprint density at radius 1 is 0.408 bits per heavy atom. The summed E-state index contributed by atoms with van der Waals surface area (Å²) >= 11 is 0. The molecule has 576 valence electrons. The highest BCUT2D eigenvalue weighted by Crippen LogP contribution is 2.46. The Kier molecular flexibility index (Phi) is 33.4. The molecule has 1 heterocycles. The van der Waals surface area contributed by atoms with Gasteiger partial charge in [-0.25, -0.2) is 0 Å². The largest absolute Gasteiger partial charge is 0.493 e. The lowest BCUT2D eigenvalue weighted by atomic mass is 9.83. The molecule has 3 saturated carbocycles. The van der Waals surface area contributed by atoms with E-state index >= 15 is 0 Å². The van der Waals surface area contributed by atoms with Crippen LogP contribution in [-0.2, 0) is 81.2 Å². The van der Waals surface area contributed by atoms with Gasteiger partial charge in [0.15, 0.2) is 0 Å². The highest BCUT2D eigenvalue weighted by Gasteiger charge is 2.46. The van der Waals surface area contributed by atoms with Gasteiger partial charge in [-0.2, -0.15) is 0 Å². The minimum atomic E-state index is -0.444. The number of para-hydroxylation sites is 1. The van der Waals surface area contributed by atoms with Crippen molar-refractivity contribution in [3.63, 3.8) is 0 Å². The number of aryl methyl sites for hydroxylation is 2. The quantitative estimate of drug-likeness (QED) is 0.0404. The van der Waals surface area contributed by atoms with Gasteiger partial charge in [-0.05, 0) is 284 Å². The summed E-state index contributed by atoms with van der Waals surface area (Å²) in [5.41, 5.74) is 1.61. The summed E-state index contributed by atoms with van der Waals surface area (Å²) in [6, 6.07) is 24.4. The van der Waals surface area contributed by atoms with Crippen molar-refractivity contribution < 1.29 is 61.9 Å². The van der Waals surface area contributed by atoms with Gasteiger partial charge in [-0.3, -0.25) is 28.8 Å². The Balaban J connectivity index is 0.000000262. The maximum absolute atomic E-state index is 12.4. The molecule has 0 N–H and O–H groups in total. The van der Waals surface area contributed by atoms with E-state index in [0.29, 0.717) is 6.61 Å². The molecule has 3 aromatic carbocycles. The third kappa shape index (κ3) is 24.3. The van der Waals surface area contributed by atoms with Crippen LogP contribution in [0.5, 0.6) is 5.75 Å². The monoisotopic (exact) mass is 1430 g/mol. The molecule has 5 aliphatic carbocycles. The molecule has 0 bridgehead atoms. The number of fused-ring (bicyclic) bond motifs is 3. The van der Waals surface area contributed by atoms with E-state index < -0.39 is 33.0 Å². The third-order valence-electron chi connectivity index (χ3n) is 23.8. The van der Waals surface area contributed by atoms with Crippen LogP contribution in [0.4, 0.5) is 0 Å². The molecule has 3 atom stereocenters. The molecule has 3 aromatic rings. The van der Waals surface area contributed by atoms with Gasteiger partial charge >= 0.3 is 35.8 Å². The minimum Gasteiger partial charge on any atom is -0.493 e. The SMILES string of the molecule is C=CC1(OC(=O)C(C)(C)CC)CCCC1.C=CC1(OC(=O)C(C)(C)CC)CCCCC1.C=CC1(OC(=O)C(C)(C)CC)CCCCCC1.CCC(C)(C)C(=O)OC1(C)CCc2ccccc21.CCC(C)(C)C(=O)OC1(CC)CCc2ccccc21.CCC(C)(C)C(=O)OC1CCOc2ccccc21. The Morgan fingerprint density at radius 3 is 1.13 bits per heavy atom. The van der Waals surface area contributed by atoms with Crippen molar-refractivity contribution in [2.24, 2.45) is 32.5 Å². The average molecular weight is 1430 g/mol. The van der Waals surface area contributed by atoms with E-state index in [1.165, 1.54) is 41.5 Å². The van der Waals surface area contributed by atoms with Crippen LogP contribution in [0.2, 0.25) is 0 Å². The van der Waals surface area contributed by atoms with Crippen LogP contribution in [-0.4, -0.2) is 59.2 Å². The minimum absolute atomic E-state index is 0.0754. The van der Waals surface area contributed by atoms with Gasteiger partial charge in [0.25, 0.3) is 0 Å². The van der Waals surface area contributed by atoms with Crippen molar-refractivity contribution >= 4 is 35.8 Å². The Hall–Kier alpha value is -6.50. The summed E-state index contributed by atoms with van der Waals surface area (Å²) in [4.78, 5) is 72.9. The Labute approximate surface area is 624 Å². The van der Waals surface area contributed by atoms with Crippen molar-refractivity contribution in [1.29, 1.82) is 0 Å². The molecule has 103 heavy (non-hydrogen) atoms. The van der Waals surface area contributed by atoms with Crippen LogP contribution in [0, 0.1) is 32.5 Å². The smallest absolute Gasteiger partial charge is 0.312 e. The molecule has 0 spiro atoms. The number of benzene rings is 3. The maximum atomic E-state index is 12.4. The van der Waals surface area contributed by atoms with E-state index in [-0.39, 0.29) is 69.4 Å². The van der Waals surface area contributed by atoms with Gasteiger partial charge in [0.2, 0.25) is 0 Å². The second-order valence-corrected chi connectivity index (χ2v) is 33.8. The van der Waals surface area contributed by atoms with Crippen molar-refractivity contribution in [1.82, 2.24) is 0 Å². The molecule has 13 nitrogen and oxygen atoms in total. The van der Waals surface area contributed by atoms with Gasteiger partial charge in [0.1, 0.15) is 39.9 Å². The van der Waals surface area contributed by atoms with Crippen molar-refractivity contribution in [2.75, 3.05) is 6.61 Å². The molecule has 3 fully saturated rings. The first-order chi connectivity index (χ1) is 48.2. The molecule has 3 unspecified atom stereocenters. The van der Waals surface area contributed by atoms with Crippen LogP contribution < -0.4 is 4.74 Å². The summed E-state index contributed by atoms with van der Waals surface area (Å²) in [5, 5.41) is 0. The molecule has 9 rings (SSSR count). The third-order valence-corrected chi connectivity index (χ3v) is 23.8. The molecule has 1 aliphatic heterocycles. The van der Waals surface area contributed by atoms with Gasteiger partial charge < -0.3 is 33.2 Å². The van der Waals surface area contributed by atoms with E-state index in [0.717, 1.165) is 165 Å². The summed E-state index contributed by atoms with van der Waals surface area (Å²) in [5.74, 6) is 0.269. The zero-order chi connectivity index (χ0) is 77.4. The number of carbonyl (C=O) groups is 6. The molecule has 0 radical (unpaired) electrons. The molecule has 13 heteroatoms. The fourth-order valence-electron chi connectivity index (χ4n) is 12.8. The van der Waals surface area contributed by atoms with Crippen LogP contribution in [0.15, 0.2) is 111 Å². The summed E-state index contributed by atoms with van der Waals surface area (Å²) in [6.07, 6.45) is 31.6. The lowest BCUT2D eigenvalue weighted by Gasteiger charge is -2.36. The topological polar surface area (TPSA) is 167 Å². The number of esters is 6. The fraction of sp³-hybridized carbons (Fsp3) is 0.667. The standard InChI is InChI=1S/C17H24O2.C16H22O2.C15H20O3.C15H26O2.C14H24O2.C13H22O2/c1-5-16(3,4)15(18)19-17(6-2)12-11-13-9-7-8-10-14(13)17;1-5-15(2,3)14(17)18-16(4)11-10-12-8-6-7-9-13(12)16;1-4-15(2,3)14(16)18-13-9-10-17-12-8-6-5-7-11(12)13;1-5-14(3,4)13(16)17-15(6-2)11-9-7-8-10-12-15;1-5-13(3,4)12(15)16-14(6-2)10-8-7-9-11-14;1-5-12(3,4)11(14)15-13(6-2)9-7-8-10-13/h7-10H,5-6,11-12H2,1-4H3;6-9H,5,10-11H2,1-4H3;5-8,13H,4,9-10H2,1-3H3;6H,2,5,7-12H2,1,3-4H3;6H,2,5,7-11H2,1,3-4H3;6H,2,5,7-10H2,1,3-4H3. The number of rotatable bonds is 22. The molecular weight excluding hydrogens is 1290 g/mol. The van der Waals surface area contributed by atoms with Crippen molar-refractivity contribution in [2.45, 2.75) is 346 Å². The summed E-state index contributed by atoms with van der Waals surface area (Å²) in [6.45, 7) is 51.6. The Bertz CT molecular complexity index is 3240. The van der Waals surface area contributed by atoms with E-state index in [1.54, 1.807) is 0 Å². The highest BCUT2D eigenvalue weighted by molar-refractivity contribution is 5.79. The normalized spacial score (nSPS) is 20.7. The predicted molar refractivity (Wildman–Crippen MR) is 417 cm³/mol. The van der Waals surface area contributed by atoms with E-state index in [2.05, 4.69) is 57.0 Å². The van der Waals surface area contributed by atoms with Crippen molar-refractivity contribution in [3.05, 3.63) is 139 Å². The lowest BCUT2D eigenvalue weighted by molar-refractivity contribution is -0.173. The van der Waals surface area contributed by atoms with Crippen LogP contribution in [0.1, 0.15) is 333 Å². The molecule has 0 aromatic heterocycles. The van der Waals surface area contributed by atoms with E-state index in [4.69, 9.17) is 33.2 Å². The molecular formula is C90H138O13. The molecule has 0 saturated heterocycles. The second-order valence-electron chi connectivity index (χ2n) is 33.8. The molecule has 0 amide bonds. The van der Waals surface area contributed by atoms with Gasteiger partial charge in [0.05, 0.1) is 39.1 Å². The first-order valence-electron chi connectivity index (χ1n) is 39.4. The highest BCUT2D eigenvalue weighted by atomic mass is 16.6. The van der Waals surface area contributed by atoms with Gasteiger partial charge in [-0.15, -0.1) is 0 Å². The van der Waals surface area contributed by atoms with Crippen LogP contribution in [0.3, 0.4) is 0 Å². The fourth-order valence-corrected chi connectivity index (χ4v) is 12.8. The first kappa shape index (κ1) is 88.9. The zero-order valence-electron chi connectivity index (χ0n) is 68.0. The molecule has 6 aliphatic rings. The number of ether oxygens (including phenoxy) is 7. The van der Waals surface area contributed by atoms with Gasteiger partial charge in [-0.1, -0.05) is 154 Å². The van der Waals surface area contributed by atoms with E-state index in [1.807, 2.05) is 192 Å². The summed E-state index contributed by atoms with van der Waals surface area (Å²) in [7, 11) is 0. The van der Waals surface area contributed by atoms with Crippen LogP contribution in [0.25, 0.3) is 0 Å². The van der Waals surface area contributed by atoms with Gasteiger partial charge in [0, 0.05) is 12.0 Å². The number of carbonyl (C=O) groups excluding carboxylic acids is 6. The zero-order valence-corrected chi connectivity index (χ0v) is 68.0. The average Bonchev–Trinajstić information content (AvgIpc) is 1.66. The second kappa shape index (κ2) is 38.7. The predicted octanol–water partition coefficient (Wildman–Crippen LogP) is 23.1. The number of hydrogen-bond acceptors (Lipinski definition) is 13. The lowest BCUT2D eigenvalue weighted by Crippen LogP contribution is -2.39. The maximum Gasteiger partial charge on any atom is 0.312 e. The van der Waals surface area contributed by atoms with Crippen LogP contribution >= 0.6 is 0 Å². The Morgan fingerprint density at radius 2 is 0.728 bits per heavy atom. The van der Waals surface area contributed by atoms with Crippen molar-refractivity contribution in [3.8, 4) is 5.75 Å². The number of hydrogen-bond donors (Lipinski definition) is 0. The van der Waals surface area contributed by atoms with E-state index in [9.17, 15) is 28.8 Å².